The maximum atomic E-state index is 12.6. The van der Waals surface area contributed by atoms with Gasteiger partial charge in [-0.05, 0) is 137 Å². The maximum Gasteiger partial charge on any atom is 0.335 e. The molecule has 4 heterocycles. The number of carboxylic acids is 1. The third kappa shape index (κ3) is 10.7. The molecule has 10 heteroatoms. The second-order valence-electron chi connectivity index (χ2n) is 15.2. The van der Waals surface area contributed by atoms with E-state index in [2.05, 4.69) is 41.2 Å². The molecule has 0 saturated carbocycles. The number of aromatic carboxylic acids is 1. The quantitative estimate of drug-likeness (QED) is 0.130. The number of rotatable bonds is 10. The van der Waals surface area contributed by atoms with E-state index >= 15 is 0 Å². The Labute approximate surface area is 358 Å². The number of hydrogen-bond acceptors (Lipinski definition) is 7. The molecule has 2 aliphatic rings. The molecular weight excluding hydrogens is 763 g/mol. The van der Waals surface area contributed by atoms with Crippen LogP contribution in [-0.4, -0.2) is 51.7 Å². The highest BCUT2D eigenvalue weighted by Crippen LogP contribution is 2.37. The van der Waals surface area contributed by atoms with Crippen LogP contribution in [0.15, 0.2) is 122 Å². The van der Waals surface area contributed by atoms with Crippen molar-refractivity contribution in [3.63, 3.8) is 0 Å². The molecule has 0 atom stereocenters. The highest BCUT2D eigenvalue weighted by atomic mass is 16.4. The van der Waals surface area contributed by atoms with Crippen LogP contribution in [0.5, 0.6) is 0 Å². The minimum absolute atomic E-state index is 0.143. The predicted molar refractivity (Wildman–Crippen MR) is 242 cm³/mol. The SMILES string of the molecule is CCC(=O)N1CCc2cc(-c3ccc(C(=O)CCc4cccnc4)cc3)c(C)cc21.CCC(=O)N1CCc2cc(-c3ccc(C(=O)O)cc3)c(C)cc21.NCc1cccnc1. The maximum absolute atomic E-state index is 12.6. The van der Waals surface area contributed by atoms with Gasteiger partial charge in [0.25, 0.3) is 0 Å². The monoisotopic (exact) mass is 815 g/mol. The minimum Gasteiger partial charge on any atom is -0.478 e. The molecule has 3 N–H and O–H groups in total. The van der Waals surface area contributed by atoms with Crippen LogP contribution >= 0.6 is 0 Å². The summed E-state index contributed by atoms with van der Waals surface area (Å²) in [5.74, 6) is -0.447. The molecule has 0 radical (unpaired) electrons. The lowest BCUT2D eigenvalue weighted by Crippen LogP contribution is -2.27. The van der Waals surface area contributed by atoms with Crippen molar-refractivity contribution in [1.29, 1.82) is 0 Å². The number of anilines is 2. The van der Waals surface area contributed by atoms with E-state index in [0.717, 1.165) is 87.4 Å². The van der Waals surface area contributed by atoms with Gasteiger partial charge in [0.1, 0.15) is 0 Å². The van der Waals surface area contributed by atoms with E-state index in [9.17, 15) is 19.2 Å². The molecule has 312 valence electrons. The molecular formula is C51H53N5O5. The summed E-state index contributed by atoms with van der Waals surface area (Å²) in [7, 11) is 0. The number of nitrogens with zero attached hydrogens (tertiary/aromatic N) is 4. The molecule has 61 heavy (non-hydrogen) atoms. The minimum atomic E-state index is -0.920. The van der Waals surface area contributed by atoms with E-state index < -0.39 is 5.97 Å². The van der Waals surface area contributed by atoms with Crippen LogP contribution in [0.4, 0.5) is 11.4 Å². The van der Waals surface area contributed by atoms with Crippen molar-refractivity contribution >= 4 is 34.9 Å². The summed E-state index contributed by atoms with van der Waals surface area (Å²) in [6, 6.07) is 31.0. The van der Waals surface area contributed by atoms with E-state index in [-0.39, 0.29) is 23.2 Å². The zero-order valence-corrected chi connectivity index (χ0v) is 35.4. The number of carbonyl (C=O) groups excluding carboxylic acids is 3. The molecule has 0 aliphatic carbocycles. The Bertz CT molecular complexity index is 2490. The van der Waals surface area contributed by atoms with Gasteiger partial charge in [-0.2, -0.15) is 0 Å². The van der Waals surface area contributed by atoms with Gasteiger partial charge in [-0.15, -0.1) is 0 Å². The summed E-state index contributed by atoms with van der Waals surface area (Å²) in [6.45, 7) is 9.96. The molecule has 0 bridgehead atoms. The number of hydrogen-bond donors (Lipinski definition) is 2. The Morgan fingerprint density at radius 2 is 1.10 bits per heavy atom. The Morgan fingerprint density at radius 1 is 0.639 bits per heavy atom. The molecule has 4 aromatic carbocycles. The molecule has 6 aromatic rings. The number of amides is 2. The lowest BCUT2D eigenvalue weighted by Gasteiger charge is -2.18. The molecule has 2 aliphatic heterocycles. The first-order valence-electron chi connectivity index (χ1n) is 20.8. The second kappa shape index (κ2) is 20.5. The summed E-state index contributed by atoms with van der Waals surface area (Å²) >= 11 is 0. The van der Waals surface area contributed by atoms with E-state index in [1.54, 1.807) is 30.7 Å². The lowest BCUT2D eigenvalue weighted by atomic mass is 9.95. The van der Waals surface area contributed by atoms with Gasteiger partial charge >= 0.3 is 5.97 Å². The van der Waals surface area contributed by atoms with Crippen LogP contribution in [-0.2, 0) is 35.4 Å². The average molecular weight is 816 g/mol. The fraction of sp³-hybridized carbons (Fsp3) is 0.255. The number of carbonyl (C=O) groups is 4. The summed E-state index contributed by atoms with van der Waals surface area (Å²) in [5, 5.41) is 8.99. The smallest absolute Gasteiger partial charge is 0.335 e. The Kier molecular flexibility index (Phi) is 14.7. The molecule has 2 aromatic heterocycles. The summed E-state index contributed by atoms with van der Waals surface area (Å²) < 4.78 is 0. The first kappa shape index (κ1) is 43.8. The van der Waals surface area contributed by atoms with Crippen molar-refractivity contribution < 1.29 is 24.3 Å². The zero-order valence-electron chi connectivity index (χ0n) is 35.4. The first-order valence-corrected chi connectivity index (χ1v) is 20.8. The van der Waals surface area contributed by atoms with Gasteiger partial charge in [0, 0.05) is 80.6 Å². The number of Topliss-reactive ketones (excluding diaryl/α,β-unsaturated/α-hetero) is 1. The zero-order chi connectivity index (χ0) is 43.5. The third-order valence-electron chi connectivity index (χ3n) is 11.1. The van der Waals surface area contributed by atoms with E-state index in [0.29, 0.717) is 32.2 Å². The number of fused-ring (bicyclic) bond motifs is 2. The van der Waals surface area contributed by atoms with Gasteiger partial charge in [-0.1, -0.05) is 62.4 Å². The number of ketones is 1. The Balaban J connectivity index is 0.000000177. The molecule has 0 unspecified atom stereocenters. The van der Waals surface area contributed by atoms with Gasteiger partial charge in [-0.25, -0.2) is 4.79 Å². The van der Waals surface area contributed by atoms with Crippen molar-refractivity contribution in [3.05, 3.63) is 166 Å². The van der Waals surface area contributed by atoms with Gasteiger partial charge in [-0.3, -0.25) is 24.4 Å². The number of nitrogens with two attached hydrogens (primary N) is 1. The fourth-order valence-electron chi connectivity index (χ4n) is 7.70. The number of aryl methyl sites for hydroxylation is 3. The van der Waals surface area contributed by atoms with Crippen molar-refractivity contribution in [2.24, 2.45) is 5.73 Å². The number of benzene rings is 4. The Hall–Kier alpha value is -6.78. The van der Waals surface area contributed by atoms with Crippen LogP contribution in [0.2, 0.25) is 0 Å². The molecule has 8 rings (SSSR count). The topological polar surface area (TPSA) is 147 Å². The first-order chi connectivity index (χ1) is 29.5. The van der Waals surface area contributed by atoms with Crippen LogP contribution in [0.1, 0.15) is 87.2 Å². The molecule has 2 amide bonds. The average Bonchev–Trinajstić information content (AvgIpc) is 3.91. The van der Waals surface area contributed by atoms with Crippen molar-refractivity contribution in [2.75, 3.05) is 22.9 Å². The van der Waals surface area contributed by atoms with Gasteiger partial charge in [0.05, 0.1) is 5.56 Å². The second-order valence-corrected chi connectivity index (χ2v) is 15.2. The van der Waals surface area contributed by atoms with Gasteiger partial charge in [0.2, 0.25) is 11.8 Å². The largest absolute Gasteiger partial charge is 0.478 e. The molecule has 0 saturated heterocycles. The Morgan fingerprint density at radius 3 is 1.49 bits per heavy atom. The number of aromatic nitrogens is 2. The summed E-state index contributed by atoms with van der Waals surface area (Å²) in [5.41, 5.74) is 19.5. The highest BCUT2D eigenvalue weighted by molar-refractivity contribution is 5.98. The molecule has 10 nitrogen and oxygen atoms in total. The summed E-state index contributed by atoms with van der Waals surface area (Å²) in [4.78, 5) is 59.4. The molecule has 0 spiro atoms. The molecule has 0 fully saturated rings. The normalized spacial score (nSPS) is 12.3. The van der Waals surface area contributed by atoms with E-state index in [1.807, 2.05) is 97.4 Å². The number of pyridine rings is 2. The third-order valence-corrected chi connectivity index (χ3v) is 11.1. The van der Waals surface area contributed by atoms with E-state index in [4.69, 9.17) is 10.8 Å². The highest BCUT2D eigenvalue weighted by Gasteiger charge is 2.26. The van der Waals surface area contributed by atoms with E-state index in [1.165, 1.54) is 11.1 Å². The van der Waals surface area contributed by atoms with Crippen LogP contribution in [0.25, 0.3) is 22.3 Å². The summed E-state index contributed by atoms with van der Waals surface area (Å²) in [6.07, 6.45) is 11.0. The van der Waals surface area contributed by atoms with Crippen molar-refractivity contribution in [3.8, 4) is 22.3 Å². The van der Waals surface area contributed by atoms with Crippen molar-refractivity contribution in [1.82, 2.24) is 9.97 Å². The fourth-order valence-corrected chi connectivity index (χ4v) is 7.70. The number of carboxylic acid groups (broad SMARTS) is 1. The standard InChI is InChI=1S/C26H26N2O2.C19H19NO3.C6H8N2/c1-3-26(30)28-14-12-22-16-23(18(2)15-24(22)28)20-7-9-21(10-8-20)25(29)11-6-19-5-4-13-27-17-19;1-3-18(21)20-9-8-15-11-16(12(2)10-17(15)20)13-4-6-14(7-5-13)19(22)23;7-4-6-2-1-3-8-5-6/h4-5,7-10,13,15-17H,3,6,11-12,14H2,1-2H3;4-7,10-11H,3,8-9H2,1-2H3,(H,22,23);1-3,5H,4,7H2. The van der Waals surface area contributed by atoms with Gasteiger partial charge in [0.15, 0.2) is 5.78 Å². The van der Waals surface area contributed by atoms with Crippen LogP contribution < -0.4 is 15.5 Å². The van der Waals surface area contributed by atoms with Gasteiger partial charge < -0.3 is 20.6 Å². The lowest BCUT2D eigenvalue weighted by molar-refractivity contribution is -0.119. The van der Waals surface area contributed by atoms with Crippen LogP contribution in [0, 0.1) is 13.8 Å². The predicted octanol–water partition coefficient (Wildman–Crippen LogP) is 9.37. The van der Waals surface area contributed by atoms with Crippen LogP contribution in [0.3, 0.4) is 0 Å². The van der Waals surface area contributed by atoms with Crippen molar-refractivity contribution in [2.45, 2.75) is 72.8 Å².